The van der Waals surface area contributed by atoms with Crippen LogP contribution >= 0.6 is 0 Å². The van der Waals surface area contributed by atoms with E-state index in [9.17, 15) is 49.9 Å². The van der Waals surface area contributed by atoms with Gasteiger partial charge in [0.05, 0.1) is 23.7 Å². The number of fused-ring (bicyclic) bond motifs is 1. The van der Waals surface area contributed by atoms with Crippen molar-refractivity contribution in [1.29, 1.82) is 0 Å². The summed E-state index contributed by atoms with van der Waals surface area (Å²) in [5.74, 6) is -15.2. The zero-order valence-electron chi connectivity index (χ0n) is 21.6. The Morgan fingerprint density at radius 1 is 1.02 bits per heavy atom. The molecule has 3 N–H and O–H groups in total. The Morgan fingerprint density at radius 3 is 2.09 bits per heavy atom. The summed E-state index contributed by atoms with van der Waals surface area (Å²) < 4.78 is 91.6. The van der Waals surface area contributed by atoms with Crippen LogP contribution in [0.3, 0.4) is 0 Å². The number of carbonyl (C=O) groups is 4. The van der Waals surface area contributed by atoms with Crippen LogP contribution in [0.2, 0.25) is 0 Å². The number of para-hydroxylation sites is 1. The highest BCUT2D eigenvalue weighted by Crippen LogP contribution is 2.26. The third-order valence-electron chi connectivity index (χ3n) is 5.47. The number of benzene rings is 2. The Morgan fingerprint density at radius 2 is 1.58 bits per heavy atom. The van der Waals surface area contributed by atoms with Crippen LogP contribution in [0, 0.1) is 23.3 Å². The molecule has 0 spiro atoms. The minimum Gasteiger partial charge on any atom is -0.481 e. The lowest BCUT2D eigenvalue weighted by atomic mass is 10.1. The molecule has 2 atom stereocenters. The molecule has 0 aliphatic rings. The molecule has 0 saturated heterocycles. The molecule has 18 heteroatoms. The number of nitrogens with zero attached hydrogens (tertiary/aromatic N) is 2. The van der Waals surface area contributed by atoms with Crippen molar-refractivity contribution in [3.8, 4) is 5.75 Å². The Bertz CT molecular complexity index is 1570. The van der Waals surface area contributed by atoms with E-state index in [1.54, 1.807) is 25.1 Å². The van der Waals surface area contributed by atoms with Crippen molar-refractivity contribution in [2.75, 3.05) is 6.61 Å². The first-order chi connectivity index (χ1) is 20.0. The third kappa shape index (κ3) is 8.73. The highest BCUT2D eigenvalue weighted by Gasteiger charge is 2.38. The van der Waals surface area contributed by atoms with Crippen molar-refractivity contribution in [3.63, 3.8) is 0 Å². The molecule has 0 aliphatic heterocycles. The molecule has 0 fully saturated rings. The minimum atomic E-state index is -5.08. The van der Waals surface area contributed by atoms with E-state index in [0.29, 0.717) is 5.52 Å². The van der Waals surface area contributed by atoms with Gasteiger partial charge in [0.2, 0.25) is 17.5 Å². The number of carboxylic acid groups (broad SMARTS) is 2. The Balaban J connectivity index is 0.000000821. The first kappa shape index (κ1) is 34.2. The second-order valence-corrected chi connectivity index (χ2v) is 8.41. The van der Waals surface area contributed by atoms with Gasteiger partial charge in [0.1, 0.15) is 18.7 Å². The molecule has 43 heavy (non-hydrogen) atoms. The van der Waals surface area contributed by atoms with Crippen LogP contribution < -0.4 is 15.6 Å². The number of halogens is 7. The smallest absolute Gasteiger partial charge is 0.481 e. The molecule has 1 heterocycles. The van der Waals surface area contributed by atoms with Gasteiger partial charge in [-0.15, -0.1) is 0 Å². The fourth-order valence-electron chi connectivity index (χ4n) is 3.42. The number of hydrogen-bond acceptors (Lipinski definition) is 7. The van der Waals surface area contributed by atoms with E-state index in [2.05, 4.69) is 15.0 Å². The number of alkyl halides is 3. The second-order valence-electron chi connectivity index (χ2n) is 8.41. The Hall–Kier alpha value is -5.03. The summed E-state index contributed by atoms with van der Waals surface area (Å²) in [4.78, 5) is 62.6. The number of amides is 1. The first-order valence-corrected chi connectivity index (χ1v) is 11.8. The van der Waals surface area contributed by atoms with Crippen molar-refractivity contribution in [2.45, 2.75) is 38.0 Å². The number of ether oxygens (including phenoxy) is 1. The number of aromatic nitrogens is 2. The largest absolute Gasteiger partial charge is 0.490 e. The lowest BCUT2D eigenvalue weighted by molar-refractivity contribution is -0.192. The van der Waals surface area contributed by atoms with Crippen LogP contribution in [0.15, 0.2) is 41.5 Å². The molecule has 3 rings (SSSR count). The minimum absolute atomic E-state index is 0.0508. The molecule has 3 aromatic rings. The number of carbonyl (C=O) groups excluding carboxylic acids is 2. The van der Waals surface area contributed by atoms with E-state index in [1.807, 2.05) is 0 Å². The summed E-state index contributed by atoms with van der Waals surface area (Å²) in [6.45, 7) is 0.344. The SMILES string of the molecule is CC[C@@H](C(=O)NC(CC(=O)O)C(=O)COc1c(F)c(F)cc(F)c1F)n1cnc2ccccc2c1=O.O=C(O)C(F)(F)F. The van der Waals surface area contributed by atoms with E-state index in [4.69, 9.17) is 15.0 Å². The van der Waals surface area contributed by atoms with Crippen molar-refractivity contribution >= 4 is 34.5 Å². The number of aliphatic carboxylic acids is 2. The van der Waals surface area contributed by atoms with Crippen molar-refractivity contribution in [2.24, 2.45) is 0 Å². The van der Waals surface area contributed by atoms with Crippen LogP contribution in [0.5, 0.6) is 5.75 Å². The summed E-state index contributed by atoms with van der Waals surface area (Å²) in [5.41, 5.74) is -0.163. The maximum Gasteiger partial charge on any atom is 0.490 e. The molecule has 0 radical (unpaired) electrons. The average Bonchev–Trinajstić information content (AvgIpc) is 2.92. The molecule has 1 aromatic heterocycles. The summed E-state index contributed by atoms with van der Waals surface area (Å²) in [6.07, 6.45) is -4.84. The lowest BCUT2D eigenvalue weighted by Crippen LogP contribution is -2.48. The van der Waals surface area contributed by atoms with Gasteiger partial charge in [0.15, 0.2) is 23.2 Å². The fourth-order valence-corrected chi connectivity index (χ4v) is 3.42. The quantitative estimate of drug-likeness (QED) is 0.227. The summed E-state index contributed by atoms with van der Waals surface area (Å²) in [6, 6.07) is 3.39. The van der Waals surface area contributed by atoms with Gasteiger partial charge in [-0.3, -0.25) is 23.7 Å². The molecular weight excluding hydrogens is 603 g/mol. The molecule has 0 bridgehead atoms. The van der Waals surface area contributed by atoms with Crippen molar-refractivity contribution < 1.29 is 64.9 Å². The number of Topliss-reactive ketones (excluding diaryl/α,β-unsaturated/α-hetero) is 1. The van der Waals surface area contributed by atoms with Crippen LogP contribution in [0.25, 0.3) is 10.9 Å². The number of nitrogens with one attached hydrogen (secondary N) is 1. The predicted molar refractivity (Wildman–Crippen MR) is 130 cm³/mol. The van der Waals surface area contributed by atoms with Gasteiger partial charge < -0.3 is 20.3 Å². The molecular formula is C25H20F7N3O8. The molecule has 0 aliphatic carbocycles. The lowest BCUT2D eigenvalue weighted by Gasteiger charge is -2.22. The van der Waals surface area contributed by atoms with Gasteiger partial charge in [-0.05, 0) is 18.6 Å². The number of hydrogen-bond donors (Lipinski definition) is 3. The number of rotatable bonds is 10. The Kier molecular flexibility index (Phi) is 11.3. The van der Waals surface area contributed by atoms with E-state index in [-0.39, 0.29) is 17.9 Å². The number of carboxylic acids is 2. The second kappa shape index (κ2) is 14.2. The Labute approximate surface area is 235 Å². The fraction of sp³-hybridized carbons (Fsp3) is 0.280. The zero-order valence-corrected chi connectivity index (χ0v) is 21.6. The third-order valence-corrected chi connectivity index (χ3v) is 5.47. The van der Waals surface area contributed by atoms with E-state index >= 15 is 0 Å². The van der Waals surface area contributed by atoms with Crippen molar-refractivity contribution in [1.82, 2.24) is 14.9 Å². The normalized spacial score (nSPS) is 12.5. The standard InChI is InChI=1S/C23H19F4N3O6.C2HF3O2/c1-2-16(30-10-28-14-6-4-3-5-11(14)23(30)35)22(34)29-15(8-18(32)33)17(31)9-36-21-19(26)12(24)7-13(25)20(21)27;3-2(4,5)1(6)7/h3-7,10,15-16H,2,8-9H2,1H3,(H,29,34)(H,32,33);(H,6,7)/t15?,16-;/m0./s1. The van der Waals surface area contributed by atoms with Crippen LogP contribution in [-0.4, -0.2) is 62.2 Å². The van der Waals surface area contributed by atoms with Gasteiger partial charge in [-0.1, -0.05) is 19.1 Å². The molecule has 11 nitrogen and oxygen atoms in total. The van der Waals surface area contributed by atoms with Crippen LogP contribution in [-0.2, 0) is 19.2 Å². The van der Waals surface area contributed by atoms with Crippen LogP contribution in [0.1, 0.15) is 25.8 Å². The topological polar surface area (TPSA) is 165 Å². The highest BCUT2D eigenvalue weighted by atomic mass is 19.4. The highest BCUT2D eigenvalue weighted by molar-refractivity contribution is 5.93. The average molecular weight is 623 g/mol. The first-order valence-electron chi connectivity index (χ1n) is 11.8. The summed E-state index contributed by atoms with van der Waals surface area (Å²) in [7, 11) is 0. The monoisotopic (exact) mass is 623 g/mol. The maximum absolute atomic E-state index is 13.8. The zero-order chi connectivity index (χ0) is 32.6. The van der Waals surface area contributed by atoms with Gasteiger partial charge >= 0.3 is 18.1 Å². The van der Waals surface area contributed by atoms with E-state index in [0.717, 1.165) is 10.9 Å². The van der Waals surface area contributed by atoms with Gasteiger partial charge in [0, 0.05) is 6.07 Å². The van der Waals surface area contributed by atoms with Crippen molar-refractivity contribution in [3.05, 3.63) is 70.3 Å². The molecule has 232 valence electrons. The van der Waals surface area contributed by atoms with Gasteiger partial charge in [-0.2, -0.15) is 22.0 Å². The van der Waals surface area contributed by atoms with Gasteiger partial charge in [-0.25, -0.2) is 18.6 Å². The summed E-state index contributed by atoms with van der Waals surface area (Å²) in [5, 5.41) is 18.7. The van der Waals surface area contributed by atoms with E-state index in [1.165, 1.54) is 6.07 Å². The van der Waals surface area contributed by atoms with Gasteiger partial charge in [0.25, 0.3) is 5.56 Å². The predicted octanol–water partition coefficient (Wildman–Crippen LogP) is 3.14. The van der Waals surface area contributed by atoms with Crippen LogP contribution in [0.4, 0.5) is 30.7 Å². The molecule has 0 saturated carbocycles. The molecule has 1 amide bonds. The summed E-state index contributed by atoms with van der Waals surface area (Å²) >= 11 is 0. The maximum atomic E-state index is 13.8. The molecule has 2 aromatic carbocycles. The number of ketones is 1. The van der Waals surface area contributed by atoms with E-state index < -0.39 is 89.5 Å². The molecule has 1 unspecified atom stereocenters.